The Morgan fingerprint density at radius 2 is 2.19 bits per heavy atom. The van der Waals surface area contributed by atoms with Gasteiger partial charge in [0.25, 0.3) is 0 Å². The molecule has 1 aliphatic rings. The number of carbonyl (C=O) groups excluding carboxylic acids is 1. The Kier molecular flexibility index (Phi) is 7.04. The van der Waals surface area contributed by atoms with Gasteiger partial charge in [0.1, 0.15) is 4.60 Å². The number of anilines is 1. The van der Waals surface area contributed by atoms with E-state index in [2.05, 4.69) is 41.6 Å². The largest absolute Gasteiger partial charge is 0.396 e. The molecule has 37 heavy (non-hydrogen) atoms. The lowest BCUT2D eigenvalue weighted by Gasteiger charge is -2.27. The number of fused-ring (bicyclic) bond motifs is 2. The standard InChI is InChI=1S/C25H26BrF2N7O2/c1-29-23(37)25(12-19(27)28)6-4-16(11-25)32-24-31-13-18-21(26)34-35(22(18)33-24)17-9-14-3-2-7-30-20(14)15(10-17)5-8-36/h2-3,7,9-10,13,16,19,36H,4-6,8,11-12H2,1H3,(H,29,37)(H,31,32,33)/t16-,25-/m1/s1. The number of alkyl halides is 2. The molecule has 1 amide bonds. The van der Waals surface area contributed by atoms with Crippen molar-refractivity contribution in [2.75, 3.05) is 19.0 Å². The molecule has 0 bridgehead atoms. The number of rotatable bonds is 8. The van der Waals surface area contributed by atoms with Gasteiger partial charge in [-0.15, -0.1) is 0 Å². The zero-order valence-corrected chi connectivity index (χ0v) is 21.7. The predicted molar refractivity (Wildman–Crippen MR) is 139 cm³/mol. The zero-order valence-electron chi connectivity index (χ0n) is 20.1. The fourth-order valence-corrected chi connectivity index (χ4v) is 5.72. The molecule has 5 rings (SSSR count). The van der Waals surface area contributed by atoms with Crippen molar-refractivity contribution < 1.29 is 18.7 Å². The fraction of sp³-hybridized carbons (Fsp3) is 0.400. The number of pyridine rings is 1. The Hall–Kier alpha value is -3.25. The second-order valence-corrected chi connectivity index (χ2v) is 10.1. The maximum Gasteiger partial charge on any atom is 0.239 e. The van der Waals surface area contributed by atoms with Crippen molar-refractivity contribution in [2.45, 2.75) is 44.6 Å². The minimum atomic E-state index is -2.57. The monoisotopic (exact) mass is 573 g/mol. The summed E-state index contributed by atoms with van der Waals surface area (Å²) in [6.07, 6.45) is 1.94. The first-order chi connectivity index (χ1) is 17.8. The number of nitrogens with zero attached hydrogens (tertiary/aromatic N) is 5. The Labute approximate surface area is 219 Å². The molecule has 0 spiro atoms. The molecule has 9 nitrogen and oxygen atoms in total. The van der Waals surface area contributed by atoms with E-state index in [0.29, 0.717) is 40.8 Å². The lowest BCUT2D eigenvalue weighted by Crippen LogP contribution is -2.39. The van der Waals surface area contributed by atoms with Gasteiger partial charge in [-0.1, -0.05) is 6.07 Å². The number of hydrogen-bond acceptors (Lipinski definition) is 7. The number of hydrogen-bond donors (Lipinski definition) is 3. The van der Waals surface area contributed by atoms with E-state index in [-0.39, 0.29) is 25.0 Å². The number of halogens is 3. The molecule has 1 saturated carbocycles. The van der Waals surface area contributed by atoms with Gasteiger partial charge in [-0.05, 0) is 65.4 Å². The molecule has 1 fully saturated rings. The first-order valence-electron chi connectivity index (χ1n) is 12.0. The van der Waals surface area contributed by atoms with Crippen LogP contribution in [0, 0.1) is 5.41 Å². The summed E-state index contributed by atoms with van der Waals surface area (Å²) in [6.45, 7) is -0.0145. The number of aromatic nitrogens is 5. The zero-order chi connectivity index (χ0) is 26.2. The highest BCUT2D eigenvalue weighted by Gasteiger charge is 2.46. The Bertz CT molecular complexity index is 1460. The lowest BCUT2D eigenvalue weighted by atomic mass is 9.81. The number of benzene rings is 1. The summed E-state index contributed by atoms with van der Waals surface area (Å²) in [5.74, 6) is -0.0334. The van der Waals surface area contributed by atoms with Gasteiger partial charge >= 0.3 is 0 Å². The van der Waals surface area contributed by atoms with Crippen molar-refractivity contribution in [3.8, 4) is 5.69 Å². The van der Waals surface area contributed by atoms with Crippen LogP contribution in [0.5, 0.6) is 0 Å². The topological polar surface area (TPSA) is 118 Å². The average molecular weight is 574 g/mol. The summed E-state index contributed by atoms with van der Waals surface area (Å²) < 4.78 is 28.8. The quantitative estimate of drug-likeness (QED) is 0.291. The van der Waals surface area contributed by atoms with E-state index in [4.69, 9.17) is 4.98 Å². The van der Waals surface area contributed by atoms with Crippen LogP contribution in [0.15, 0.2) is 41.3 Å². The Balaban J connectivity index is 1.49. The molecule has 1 aromatic carbocycles. The van der Waals surface area contributed by atoms with Crippen molar-refractivity contribution in [3.05, 3.63) is 46.8 Å². The van der Waals surface area contributed by atoms with E-state index in [9.17, 15) is 18.7 Å². The molecule has 3 aromatic heterocycles. The molecule has 1 aliphatic carbocycles. The van der Waals surface area contributed by atoms with E-state index in [1.54, 1.807) is 17.1 Å². The minimum Gasteiger partial charge on any atom is -0.396 e. The van der Waals surface area contributed by atoms with Crippen LogP contribution in [0.25, 0.3) is 27.6 Å². The predicted octanol–water partition coefficient (Wildman–Crippen LogP) is 4.01. The van der Waals surface area contributed by atoms with Gasteiger partial charge in [0, 0.05) is 43.9 Å². The Morgan fingerprint density at radius 1 is 1.35 bits per heavy atom. The van der Waals surface area contributed by atoms with Crippen molar-refractivity contribution >= 4 is 49.7 Å². The van der Waals surface area contributed by atoms with Gasteiger partial charge in [-0.25, -0.2) is 18.4 Å². The molecular weight excluding hydrogens is 548 g/mol. The van der Waals surface area contributed by atoms with E-state index in [0.717, 1.165) is 22.2 Å². The number of aliphatic hydroxyl groups excluding tert-OH is 1. The maximum atomic E-state index is 13.3. The summed E-state index contributed by atoms with van der Waals surface area (Å²) in [4.78, 5) is 26.0. The summed E-state index contributed by atoms with van der Waals surface area (Å²) in [7, 11) is 1.47. The molecule has 4 aromatic rings. The highest BCUT2D eigenvalue weighted by molar-refractivity contribution is 9.10. The third kappa shape index (κ3) is 4.87. The van der Waals surface area contributed by atoms with Gasteiger partial charge in [0.2, 0.25) is 18.3 Å². The molecule has 12 heteroatoms. The van der Waals surface area contributed by atoms with Crippen LogP contribution >= 0.6 is 15.9 Å². The number of amides is 1. The average Bonchev–Trinajstić information content (AvgIpc) is 3.44. The molecule has 3 N–H and O–H groups in total. The molecule has 3 heterocycles. The van der Waals surface area contributed by atoms with Crippen LogP contribution in [0.3, 0.4) is 0 Å². The van der Waals surface area contributed by atoms with E-state index in [1.165, 1.54) is 7.05 Å². The summed E-state index contributed by atoms with van der Waals surface area (Å²) in [5.41, 5.74) is 1.89. The Morgan fingerprint density at radius 3 is 2.95 bits per heavy atom. The summed E-state index contributed by atoms with van der Waals surface area (Å²) >= 11 is 3.49. The first-order valence-corrected chi connectivity index (χ1v) is 12.8. The van der Waals surface area contributed by atoms with Crippen LogP contribution in [0.4, 0.5) is 14.7 Å². The molecule has 0 radical (unpaired) electrons. The van der Waals surface area contributed by atoms with Crippen LogP contribution in [-0.2, 0) is 11.2 Å². The number of nitrogens with one attached hydrogen (secondary N) is 2. The van der Waals surface area contributed by atoms with Crippen LogP contribution in [-0.4, -0.2) is 61.9 Å². The first kappa shape index (κ1) is 25.4. The third-order valence-electron chi connectivity index (χ3n) is 6.97. The molecule has 0 aliphatic heterocycles. The van der Waals surface area contributed by atoms with Gasteiger partial charge in [0.15, 0.2) is 5.65 Å². The second-order valence-electron chi connectivity index (χ2n) is 9.33. The van der Waals surface area contributed by atoms with Crippen molar-refractivity contribution in [1.29, 1.82) is 0 Å². The smallest absolute Gasteiger partial charge is 0.239 e. The highest BCUT2D eigenvalue weighted by atomic mass is 79.9. The van der Waals surface area contributed by atoms with Crippen LogP contribution < -0.4 is 10.6 Å². The van der Waals surface area contributed by atoms with Gasteiger partial charge in [-0.3, -0.25) is 9.78 Å². The maximum absolute atomic E-state index is 13.3. The molecular formula is C25H26BrF2N7O2. The minimum absolute atomic E-state index is 0.0145. The van der Waals surface area contributed by atoms with Crippen LogP contribution in [0.1, 0.15) is 31.2 Å². The summed E-state index contributed by atoms with van der Waals surface area (Å²) in [5, 5.41) is 21.6. The van der Waals surface area contributed by atoms with Gasteiger partial charge in [0.05, 0.1) is 22.0 Å². The van der Waals surface area contributed by atoms with Gasteiger partial charge in [-0.2, -0.15) is 10.1 Å². The molecule has 0 saturated heterocycles. The molecule has 194 valence electrons. The van der Waals surface area contributed by atoms with Gasteiger partial charge < -0.3 is 15.7 Å². The van der Waals surface area contributed by atoms with Crippen molar-refractivity contribution in [1.82, 2.24) is 30.0 Å². The summed E-state index contributed by atoms with van der Waals surface area (Å²) in [6, 6.07) is 7.46. The third-order valence-corrected chi connectivity index (χ3v) is 7.55. The SMILES string of the molecule is CNC(=O)[C@]1(CC(F)F)CC[C@@H](Nc2ncc3c(Br)nn(-c4cc(CCO)c5ncccc5c4)c3n2)C1. The van der Waals surface area contributed by atoms with E-state index < -0.39 is 18.3 Å². The molecule has 0 unspecified atom stereocenters. The van der Waals surface area contributed by atoms with Crippen molar-refractivity contribution in [2.24, 2.45) is 5.41 Å². The molecule has 2 atom stereocenters. The van der Waals surface area contributed by atoms with E-state index >= 15 is 0 Å². The lowest BCUT2D eigenvalue weighted by molar-refractivity contribution is -0.132. The van der Waals surface area contributed by atoms with E-state index in [1.807, 2.05) is 24.3 Å². The highest BCUT2D eigenvalue weighted by Crippen LogP contribution is 2.44. The number of aliphatic hydroxyl groups is 1. The van der Waals surface area contributed by atoms with Crippen molar-refractivity contribution in [3.63, 3.8) is 0 Å². The van der Waals surface area contributed by atoms with Crippen LogP contribution in [0.2, 0.25) is 0 Å². The normalized spacial score (nSPS) is 19.7. The number of carbonyl (C=O) groups is 1. The fourth-order valence-electron chi connectivity index (χ4n) is 5.28. The second kappa shape index (κ2) is 10.3.